The molecule has 0 aliphatic heterocycles. The highest BCUT2D eigenvalue weighted by molar-refractivity contribution is 9.10. The fraction of sp³-hybridized carbons (Fsp3) is 0. The van der Waals surface area contributed by atoms with Crippen LogP contribution in [0.25, 0.3) is 10.1 Å². The summed E-state index contributed by atoms with van der Waals surface area (Å²) in [5, 5.41) is 19.3. The number of hydrogen-bond acceptors (Lipinski definition) is 3. The lowest BCUT2D eigenvalue weighted by atomic mass is 10.2. The van der Waals surface area contributed by atoms with E-state index in [0.717, 1.165) is 14.6 Å². The molecule has 0 bridgehead atoms. The summed E-state index contributed by atoms with van der Waals surface area (Å²) >= 11 is 4.51. The van der Waals surface area contributed by atoms with Crippen LogP contribution in [0.4, 0.5) is 0 Å². The van der Waals surface area contributed by atoms with E-state index in [9.17, 15) is 5.11 Å². The molecule has 1 aromatic heterocycles. The number of aromatic hydroxyl groups is 1. The second kappa shape index (κ2) is 3.02. The molecule has 64 valence electrons. The molecule has 2 rings (SSSR count). The first kappa shape index (κ1) is 8.54. The number of nitrogens with zero attached hydrogens (tertiary/aromatic N) is 1. The van der Waals surface area contributed by atoms with Gasteiger partial charge in [0, 0.05) is 4.47 Å². The molecule has 0 aliphatic rings. The van der Waals surface area contributed by atoms with Crippen LogP contribution in [-0.4, -0.2) is 5.11 Å². The van der Waals surface area contributed by atoms with E-state index in [1.54, 1.807) is 6.07 Å². The molecule has 0 saturated heterocycles. The van der Waals surface area contributed by atoms with E-state index in [0.29, 0.717) is 5.56 Å². The van der Waals surface area contributed by atoms with E-state index in [1.165, 1.54) is 11.3 Å². The first-order chi connectivity index (χ1) is 6.22. The standard InChI is InChI=1S/C9H4BrNOS/c10-7-2-1-5-3-8(12)13-9(5)6(7)4-11/h1-3,12H. The number of halogens is 1. The minimum Gasteiger partial charge on any atom is -0.499 e. The summed E-state index contributed by atoms with van der Waals surface area (Å²) in [6, 6.07) is 7.45. The van der Waals surface area contributed by atoms with Crippen molar-refractivity contribution in [1.29, 1.82) is 5.26 Å². The number of rotatable bonds is 0. The molecule has 0 fully saturated rings. The zero-order valence-electron chi connectivity index (χ0n) is 6.41. The molecule has 0 aliphatic carbocycles. The minimum atomic E-state index is 0.240. The highest BCUT2D eigenvalue weighted by Gasteiger charge is 2.08. The first-order valence-electron chi connectivity index (χ1n) is 3.53. The Balaban J connectivity index is 2.93. The molecule has 2 nitrogen and oxygen atoms in total. The Labute approximate surface area is 87.2 Å². The van der Waals surface area contributed by atoms with E-state index >= 15 is 0 Å². The fourth-order valence-corrected chi connectivity index (χ4v) is 2.62. The van der Waals surface area contributed by atoms with Crippen molar-refractivity contribution >= 4 is 37.4 Å². The lowest BCUT2D eigenvalue weighted by Crippen LogP contribution is -1.75. The molecule has 0 unspecified atom stereocenters. The Morgan fingerprint density at radius 3 is 2.92 bits per heavy atom. The van der Waals surface area contributed by atoms with Gasteiger partial charge in [-0.05, 0) is 33.4 Å². The Hall–Kier alpha value is -1.05. The van der Waals surface area contributed by atoms with Crippen molar-refractivity contribution in [2.75, 3.05) is 0 Å². The van der Waals surface area contributed by atoms with Crippen LogP contribution in [0.3, 0.4) is 0 Å². The molecule has 0 saturated carbocycles. The van der Waals surface area contributed by atoms with E-state index < -0.39 is 0 Å². The number of thiophene rings is 1. The molecule has 0 spiro atoms. The summed E-state index contributed by atoms with van der Waals surface area (Å²) in [6.07, 6.45) is 0. The summed E-state index contributed by atoms with van der Waals surface area (Å²) in [7, 11) is 0. The molecule has 1 aromatic carbocycles. The largest absolute Gasteiger partial charge is 0.499 e. The molecule has 0 radical (unpaired) electrons. The molecule has 4 heteroatoms. The Morgan fingerprint density at radius 1 is 1.46 bits per heavy atom. The number of fused-ring (bicyclic) bond motifs is 1. The van der Waals surface area contributed by atoms with Crippen molar-refractivity contribution < 1.29 is 5.11 Å². The molecule has 1 heterocycles. The topological polar surface area (TPSA) is 44.0 Å². The van der Waals surface area contributed by atoms with Gasteiger partial charge in [-0.3, -0.25) is 0 Å². The van der Waals surface area contributed by atoms with Gasteiger partial charge in [-0.15, -0.1) is 0 Å². The van der Waals surface area contributed by atoms with Gasteiger partial charge in [-0.25, -0.2) is 0 Å². The van der Waals surface area contributed by atoms with Crippen molar-refractivity contribution in [3.63, 3.8) is 0 Å². The second-order valence-electron chi connectivity index (χ2n) is 2.54. The van der Waals surface area contributed by atoms with Gasteiger partial charge in [0.15, 0.2) is 5.06 Å². The van der Waals surface area contributed by atoms with Crippen molar-refractivity contribution in [1.82, 2.24) is 0 Å². The normalized spacial score (nSPS) is 10.2. The number of benzene rings is 1. The van der Waals surface area contributed by atoms with Crippen molar-refractivity contribution in [2.45, 2.75) is 0 Å². The highest BCUT2D eigenvalue weighted by atomic mass is 79.9. The van der Waals surface area contributed by atoms with Crippen molar-refractivity contribution in [2.24, 2.45) is 0 Å². The van der Waals surface area contributed by atoms with Crippen LogP contribution >= 0.6 is 27.3 Å². The Bertz CT molecular complexity index is 512. The molecule has 0 amide bonds. The quantitative estimate of drug-likeness (QED) is 0.784. The van der Waals surface area contributed by atoms with Crippen molar-refractivity contribution in [3.8, 4) is 11.1 Å². The SMILES string of the molecule is N#Cc1c(Br)ccc2cc(O)sc12. The van der Waals surface area contributed by atoms with Gasteiger partial charge in [0.2, 0.25) is 0 Å². The molecular formula is C9H4BrNOS. The molecule has 13 heavy (non-hydrogen) atoms. The van der Waals surface area contributed by atoms with Crippen LogP contribution in [0.1, 0.15) is 5.56 Å². The summed E-state index contributed by atoms with van der Waals surface area (Å²) in [6.45, 7) is 0. The Morgan fingerprint density at radius 2 is 2.23 bits per heavy atom. The average Bonchev–Trinajstić information content (AvgIpc) is 2.45. The molecule has 0 atom stereocenters. The van der Waals surface area contributed by atoms with Gasteiger partial charge in [0.25, 0.3) is 0 Å². The third-order valence-corrected chi connectivity index (χ3v) is 3.37. The lowest BCUT2D eigenvalue weighted by molar-refractivity contribution is 0.491. The summed E-state index contributed by atoms with van der Waals surface area (Å²) < 4.78 is 1.60. The zero-order valence-corrected chi connectivity index (χ0v) is 8.82. The zero-order chi connectivity index (χ0) is 9.42. The van der Waals surface area contributed by atoms with Crippen LogP contribution in [-0.2, 0) is 0 Å². The summed E-state index contributed by atoms with van der Waals surface area (Å²) in [5.41, 5.74) is 0.586. The number of nitriles is 1. The summed E-state index contributed by atoms with van der Waals surface area (Å²) in [4.78, 5) is 0. The minimum absolute atomic E-state index is 0.240. The van der Waals surface area contributed by atoms with E-state index in [1.807, 2.05) is 12.1 Å². The van der Waals surface area contributed by atoms with Gasteiger partial charge in [-0.1, -0.05) is 17.4 Å². The maximum absolute atomic E-state index is 9.26. The van der Waals surface area contributed by atoms with Gasteiger partial charge in [-0.2, -0.15) is 5.26 Å². The average molecular weight is 254 g/mol. The monoisotopic (exact) mass is 253 g/mol. The predicted octanol–water partition coefficient (Wildman–Crippen LogP) is 3.24. The van der Waals surface area contributed by atoms with E-state index in [4.69, 9.17) is 5.26 Å². The van der Waals surface area contributed by atoms with Gasteiger partial charge < -0.3 is 5.11 Å². The van der Waals surface area contributed by atoms with Gasteiger partial charge in [0.05, 0.1) is 10.3 Å². The summed E-state index contributed by atoms with van der Waals surface area (Å²) in [5.74, 6) is 0. The molecule has 2 aromatic rings. The van der Waals surface area contributed by atoms with Crippen LogP contribution < -0.4 is 0 Å². The first-order valence-corrected chi connectivity index (χ1v) is 5.14. The highest BCUT2D eigenvalue weighted by Crippen LogP contribution is 2.35. The lowest BCUT2D eigenvalue weighted by Gasteiger charge is -1.94. The van der Waals surface area contributed by atoms with Crippen LogP contribution in [0.2, 0.25) is 0 Å². The van der Waals surface area contributed by atoms with Gasteiger partial charge >= 0.3 is 0 Å². The van der Waals surface area contributed by atoms with Crippen molar-refractivity contribution in [3.05, 3.63) is 28.2 Å². The molecular weight excluding hydrogens is 250 g/mol. The maximum atomic E-state index is 9.26. The smallest absolute Gasteiger partial charge is 0.172 e. The second-order valence-corrected chi connectivity index (χ2v) is 4.42. The van der Waals surface area contributed by atoms with E-state index in [-0.39, 0.29) is 5.06 Å². The van der Waals surface area contributed by atoms with E-state index in [2.05, 4.69) is 22.0 Å². The maximum Gasteiger partial charge on any atom is 0.172 e. The van der Waals surface area contributed by atoms with Crippen LogP contribution in [0, 0.1) is 11.3 Å². The predicted molar refractivity (Wildman–Crippen MR) is 55.9 cm³/mol. The van der Waals surface area contributed by atoms with Crippen LogP contribution in [0.5, 0.6) is 5.06 Å². The number of hydrogen-bond donors (Lipinski definition) is 1. The van der Waals surface area contributed by atoms with Gasteiger partial charge in [0.1, 0.15) is 6.07 Å². The Kier molecular flexibility index (Phi) is 1.98. The van der Waals surface area contributed by atoms with Crippen LogP contribution in [0.15, 0.2) is 22.7 Å². The third-order valence-electron chi connectivity index (χ3n) is 1.73. The fourth-order valence-electron chi connectivity index (χ4n) is 1.17. The molecule has 1 N–H and O–H groups in total. The third kappa shape index (κ3) is 1.30.